The molecule has 0 amide bonds. The van der Waals surface area contributed by atoms with Crippen LogP contribution in [0.4, 0.5) is 17.1 Å². The minimum atomic E-state index is 1.13. The smallest absolute Gasteiger partial charge is 0.0462 e. The molecule has 0 fully saturated rings. The average Bonchev–Trinajstić information content (AvgIpc) is 3.21. The van der Waals surface area contributed by atoms with Crippen LogP contribution in [-0.4, -0.2) is 0 Å². The molecule has 0 aromatic heterocycles. The van der Waals surface area contributed by atoms with Crippen molar-refractivity contribution < 1.29 is 0 Å². The van der Waals surface area contributed by atoms with Crippen molar-refractivity contribution >= 4 is 70.9 Å². The number of benzene rings is 10. The number of anilines is 3. The number of fused-ring (bicyclic) bond motifs is 9. The Balaban J connectivity index is 1.06. The minimum absolute atomic E-state index is 1.13. The topological polar surface area (TPSA) is 3.24 Å². The Bertz CT molecular complexity index is 2850. The molecular weight excluding hydrogens is 615 g/mol. The highest BCUT2D eigenvalue weighted by atomic mass is 15.1. The highest BCUT2D eigenvalue weighted by Crippen LogP contribution is 2.43. The van der Waals surface area contributed by atoms with E-state index in [1.807, 2.05) is 0 Å². The van der Waals surface area contributed by atoms with E-state index < -0.39 is 0 Å². The van der Waals surface area contributed by atoms with Crippen molar-refractivity contribution in [2.45, 2.75) is 0 Å². The van der Waals surface area contributed by atoms with Crippen molar-refractivity contribution in [1.29, 1.82) is 0 Å². The Labute approximate surface area is 297 Å². The number of hydrogen-bond donors (Lipinski definition) is 0. The Hall–Kier alpha value is -6.70. The summed E-state index contributed by atoms with van der Waals surface area (Å²) in [7, 11) is 0. The van der Waals surface area contributed by atoms with E-state index >= 15 is 0 Å². The quantitative estimate of drug-likeness (QED) is 0.168. The second-order valence-electron chi connectivity index (χ2n) is 13.3. The maximum absolute atomic E-state index is 2.43. The van der Waals surface area contributed by atoms with Crippen LogP contribution in [0, 0.1) is 0 Å². The fraction of sp³-hybridized carbons (Fsp3) is 0. The largest absolute Gasteiger partial charge is 0.311 e. The van der Waals surface area contributed by atoms with Gasteiger partial charge in [0.2, 0.25) is 0 Å². The van der Waals surface area contributed by atoms with Crippen LogP contribution in [0.15, 0.2) is 200 Å². The SMILES string of the molecule is c1ccc(N(c2ccccc2)c2ccc(-c3ccc4cc(-c5cc6c7ccccc7c7ccccc7c6c6ccccc56)ccc4c3)cc2)cc1. The first-order chi connectivity index (χ1) is 25.3. The first-order valence-electron chi connectivity index (χ1n) is 17.6. The van der Waals surface area contributed by atoms with Crippen molar-refractivity contribution in [2.24, 2.45) is 0 Å². The molecule has 1 heteroatoms. The molecule has 10 rings (SSSR count). The lowest BCUT2D eigenvalue weighted by Crippen LogP contribution is -2.09. The van der Waals surface area contributed by atoms with Gasteiger partial charge >= 0.3 is 0 Å². The third kappa shape index (κ3) is 4.94. The first kappa shape index (κ1) is 29.2. The second kappa shape index (κ2) is 12.0. The average molecular weight is 648 g/mol. The van der Waals surface area contributed by atoms with E-state index in [1.54, 1.807) is 0 Å². The predicted octanol–water partition coefficient (Wildman–Crippen LogP) is 14.3. The van der Waals surface area contributed by atoms with Gasteiger partial charge in [0, 0.05) is 17.1 Å². The van der Waals surface area contributed by atoms with Crippen LogP contribution in [-0.2, 0) is 0 Å². The van der Waals surface area contributed by atoms with Crippen LogP contribution >= 0.6 is 0 Å². The summed E-state index contributed by atoms with van der Waals surface area (Å²) in [4.78, 5) is 2.30. The van der Waals surface area contributed by atoms with E-state index in [4.69, 9.17) is 0 Å². The van der Waals surface area contributed by atoms with Crippen molar-refractivity contribution in [2.75, 3.05) is 4.90 Å². The molecular formula is C50H33N. The number of hydrogen-bond acceptors (Lipinski definition) is 1. The molecule has 10 aromatic rings. The highest BCUT2D eigenvalue weighted by molar-refractivity contribution is 6.33. The Morgan fingerprint density at radius 2 is 0.667 bits per heavy atom. The van der Waals surface area contributed by atoms with Gasteiger partial charge < -0.3 is 4.90 Å². The van der Waals surface area contributed by atoms with E-state index in [0.29, 0.717) is 0 Å². The van der Waals surface area contributed by atoms with Crippen LogP contribution in [0.5, 0.6) is 0 Å². The van der Waals surface area contributed by atoms with E-state index in [-0.39, 0.29) is 0 Å². The Kier molecular flexibility index (Phi) is 6.89. The van der Waals surface area contributed by atoms with Gasteiger partial charge in [0.25, 0.3) is 0 Å². The molecule has 0 aliphatic carbocycles. The fourth-order valence-corrected chi connectivity index (χ4v) is 8.00. The second-order valence-corrected chi connectivity index (χ2v) is 13.3. The minimum Gasteiger partial charge on any atom is -0.311 e. The lowest BCUT2D eigenvalue weighted by Gasteiger charge is -2.25. The molecule has 0 saturated heterocycles. The number of rotatable bonds is 5. The molecule has 51 heavy (non-hydrogen) atoms. The van der Waals surface area contributed by atoms with Gasteiger partial charge in [-0.25, -0.2) is 0 Å². The third-order valence-corrected chi connectivity index (χ3v) is 10.4. The molecule has 0 N–H and O–H groups in total. The molecule has 0 bridgehead atoms. The standard InChI is InChI=1S/C50H33N/c1-3-13-39(14-4-1)51(40-15-5-2-6-16-40)41-29-27-34(28-30-41)35-23-24-37-32-38(26-25-36(37)31-35)48-33-49-44-19-8-7-17-42(44)43-18-9-11-21-46(43)50(49)47-22-12-10-20-45(47)48/h1-33H. The molecule has 0 aliphatic rings. The summed E-state index contributed by atoms with van der Waals surface area (Å²) in [6.07, 6.45) is 0. The molecule has 0 atom stereocenters. The zero-order chi connectivity index (χ0) is 33.7. The molecule has 0 saturated carbocycles. The molecule has 0 radical (unpaired) electrons. The van der Waals surface area contributed by atoms with Crippen LogP contribution < -0.4 is 4.90 Å². The predicted molar refractivity (Wildman–Crippen MR) is 220 cm³/mol. The van der Waals surface area contributed by atoms with Crippen LogP contribution in [0.2, 0.25) is 0 Å². The third-order valence-electron chi connectivity index (χ3n) is 10.4. The van der Waals surface area contributed by atoms with Crippen LogP contribution in [0.1, 0.15) is 0 Å². The van der Waals surface area contributed by atoms with Gasteiger partial charge in [-0.05, 0) is 131 Å². The molecule has 0 unspecified atom stereocenters. The van der Waals surface area contributed by atoms with E-state index in [9.17, 15) is 0 Å². The van der Waals surface area contributed by atoms with Gasteiger partial charge in [-0.2, -0.15) is 0 Å². The zero-order valence-corrected chi connectivity index (χ0v) is 28.0. The maximum Gasteiger partial charge on any atom is 0.0462 e. The fourth-order valence-electron chi connectivity index (χ4n) is 8.00. The van der Waals surface area contributed by atoms with Crippen LogP contribution in [0.25, 0.3) is 76.1 Å². The number of nitrogens with zero attached hydrogens (tertiary/aromatic N) is 1. The monoisotopic (exact) mass is 647 g/mol. The van der Waals surface area contributed by atoms with Gasteiger partial charge in [-0.15, -0.1) is 0 Å². The molecule has 238 valence electrons. The Morgan fingerprint density at radius 1 is 0.255 bits per heavy atom. The summed E-state index contributed by atoms with van der Waals surface area (Å²) in [6, 6.07) is 72.8. The van der Waals surface area contributed by atoms with Crippen molar-refractivity contribution in [1.82, 2.24) is 0 Å². The number of para-hydroxylation sites is 2. The lowest BCUT2D eigenvalue weighted by molar-refractivity contribution is 1.28. The molecule has 0 spiro atoms. The summed E-state index contributed by atoms with van der Waals surface area (Å²) in [5.74, 6) is 0. The summed E-state index contributed by atoms with van der Waals surface area (Å²) in [5.41, 5.74) is 8.31. The Morgan fingerprint density at radius 3 is 1.27 bits per heavy atom. The summed E-state index contributed by atoms with van der Waals surface area (Å²) in [5, 5.41) is 12.9. The molecule has 10 aromatic carbocycles. The van der Waals surface area contributed by atoms with Gasteiger partial charge in [0.15, 0.2) is 0 Å². The van der Waals surface area contributed by atoms with E-state index in [1.165, 1.54) is 76.1 Å². The molecule has 0 heterocycles. The van der Waals surface area contributed by atoms with Gasteiger partial charge in [0.1, 0.15) is 0 Å². The van der Waals surface area contributed by atoms with Crippen molar-refractivity contribution in [3.05, 3.63) is 200 Å². The van der Waals surface area contributed by atoms with Gasteiger partial charge in [-0.3, -0.25) is 0 Å². The van der Waals surface area contributed by atoms with E-state index in [2.05, 4.69) is 205 Å². The summed E-state index contributed by atoms with van der Waals surface area (Å²) >= 11 is 0. The molecule has 1 nitrogen and oxygen atoms in total. The maximum atomic E-state index is 2.43. The highest BCUT2D eigenvalue weighted by Gasteiger charge is 2.16. The van der Waals surface area contributed by atoms with E-state index in [0.717, 1.165) is 17.1 Å². The first-order valence-corrected chi connectivity index (χ1v) is 17.6. The van der Waals surface area contributed by atoms with Gasteiger partial charge in [-0.1, -0.05) is 146 Å². The lowest BCUT2D eigenvalue weighted by atomic mass is 9.87. The van der Waals surface area contributed by atoms with Crippen molar-refractivity contribution in [3.63, 3.8) is 0 Å². The zero-order valence-electron chi connectivity index (χ0n) is 28.0. The summed E-state index contributed by atoms with van der Waals surface area (Å²) < 4.78 is 0. The normalized spacial score (nSPS) is 11.5. The van der Waals surface area contributed by atoms with Crippen LogP contribution in [0.3, 0.4) is 0 Å². The molecule has 0 aliphatic heterocycles. The van der Waals surface area contributed by atoms with Crippen molar-refractivity contribution in [3.8, 4) is 22.3 Å². The summed E-state index contributed by atoms with van der Waals surface area (Å²) in [6.45, 7) is 0. The van der Waals surface area contributed by atoms with Gasteiger partial charge in [0.05, 0.1) is 0 Å².